The summed E-state index contributed by atoms with van der Waals surface area (Å²) in [6.07, 6.45) is 1.55. The summed E-state index contributed by atoms with van der Waals surface area (Å²) in [6, 6.07) is 19.4. The minimum absolute atomic E-state index is 0.114. The van der Waals surface area contributed by atoms with E-state index in [1.165, 1.54) is 0 Å². The molecule has 0 aromatic heterocycles. The summed E-state index contributed by atoms with van der Waals surface area (Å²) in [6.45, 7) is 6.32. The third-order valence-corrected chi connectivity index (χ3v) is 4.95. The third-order valence-electron chi connectivity index (χ3n) is 4.95. The molecule has 0 aliphatic carbocycles. The van der Waals surface area contributed by atoms with E-state index in [1.807, 2.05) is 69.3 Å². The van der Waals surface area contributed by atoms with Gasteiger partial charge in [0.1, 0.15) is 12.4 Å². The average molecular weight is 433 g/mol. The van der Waals surface area contributed by atoms with Crippen molar-refractivity contribution in [1.82, 2.24) is 5.43 Å². The van der Waals surface area contributed by atoms with Crippen molar-refractivity contribution in [3.63, 3.8) is 0 Å². The van der Waals surface area contributed by atoms with E-state index >= 15 is 0 Å². The third kappa shape index (κ3) is 6.35. The van der Waals surface area contributed by atoms with Gasteiger partial charge in [0.2, 0.25) is 0 Å². The van der Waals surface area contributed by atoms with Gasteiger partial charge in [-0.2, -0.15) is 5.10 Å². The van der Waals surface area contributed by atoms with Crippen LogP contribution >= 0.6 is 0 Å². The second-order valence-corrected chi connectivity index (χ2v) is 7.47. The van der Waals surface area contributed by atoms with Gasteiger partial charge in [-0.05, 0) is 72.9 Å². The van der Waals surface area contributed by atoms with E-state index in [4.69, 9.17) is 14.2 Å². The van der Waals surface area contributed by atoms with Crippen LogP contribution in [0.1, 0.15) is 27.8 Å². The van der Waals surface area contributed by atoms with Crippen LogP contribution in [0.2, 0.25) is 0 Å². The summed E-state index contributed by atoms with van der Waals surface area (Å²) in [5, 5.41) is 4.01. The molecule has 0 radical (unpaired) electrons. The first-order chi connectivity index (χ1) is 15.5. The number of hydrogen-bond acceptors (Lipinski definition) is 5. The van der Waals surface area contributed by atoms with E-state index in [9.17, 15) is 4.79 Å². The second kappa shape index (κ2) is 11.0. The SMILES string of the molecule is COc1cc(/C=N/NC(=O)COc2cc(C)cc(C)c2C)ccc1OCc1ccccc1. The maximum absolute atomic E-state index is 12.1. The Morgan fingerprint density at radius 2 is 1.72 bits per heavy atom. The van der Waals surface area contributed by atoms with Crippen LogP contribution in [0, 0.1) is 20.8 Å². The van der Waals surface area contributed by atoms with Gasteiger partial charge in [0.05, 0.1) is 13.3 Å². The summed E-state index contributed by atoms with van der Waals surface area (Å²) >= 11 is 0. The molecule has 0 aliphatic heterocycles. The van der Waals surface area contributed by atoms with Gasteiger partial charge in [-0.25, -0.2) is 5.43 Å². The molecule has 3 aromatic carbocycles. The fraction of sp³-hybridized carbons (Fsp3) is 0.231. The lowest BCUT2D eigenvalue weighted by atomic mass is 10.1. The predicted molar refractivity (Wildman–Crippen MR) is 126 cm³/mol. The summed E-state index contributed by atoms with van der Waals surface area (Å²) in [5.41, 5.74) is 7.56. The van der Waals surface area contributed by atoms with E-state index in [2.05, 4.69) is 16.6 Å². The topological polar surface area (TPSA) is 69.2 Å². The Bertz CT molecular complexity index is 1090. The molecular formula is C26H28N2O4. The van der Waals surface area contributed by atoms with Crippen LogP contribution < -0.4 is 19.6 Å². The Balaban J connectivity index is 1.54. The lowest BCUT2D eigenvalue weighted by Crippen LogP contribution is -2.24. The van der Waals surface area contributed by atoms with Gasteiger partial charge in [0, 0.05) is 0 Å². The van der Waals surface area contributed by atoms with Crippen molar-refractivity contribution in [2.45, 2.75) is 27.4 Å². The number of aryl methyl sites for hydroxylation is 2. The van der Waals surface area contributed by atoms with E-state index < -0.39 is 0 Å². The number of hydrazone groups is 1. The average Bonchev–Trinajstić information content (AvgIpc) is 2.80. The molecule has 0 aliphatic rings. The Hall–Kier alpha value is -3.80. The highest BCUT2D eigenvalue weighted by Gasteiger charge is 2.08. The van der Waals surface area contributed by atoms with Gasteiger partial charge >= 0.3 is 0 Å². The first-order valence-corrected chi connectivity index (χ1v) is 10.3. The highest BCUT2D eigenvalue weighted by Crippen LogP contribution is 2.28. The van der Waals surface area contributed by atoms with Crippen LogP contribution in [0.15, 0.2) is 65.8 Å². The number of rotatable bonds is 9. The molecule has 0 heterocycles. The molecule has 3 rings (SSSR count). The Morgan fingerprint density at radius 3 is 2.47 bits per heavy atom. The van der Waals surface area contributed by atoms with Gasteiger partial charge in [-0.1, -0.05) is 36.4 Å². The highest BCUT2D eigenvalue weighted by atomic mass is 16.5. The zero-order valence-corrected chi connectivity index (χ0v) is 18.8. The largest absolute Gasteiger partial charge is 0.493 e. The maximum Gasteiger partial charge on any atom is 0.277 e. The number of nitrogens with one attached hydrogen (secondary N) is 1. The summed E-state index contributed by atoms with van der Waals surface area (Å²) in [7, 11) is 1.58. The zero-order chi connectivity index (χ0) is 22.9. The van der Waals surface area contributed by atoms with Crippen molar-refractivity contribution >= 4 is 12.1 Å². The number of hydrogen-bond donors (Lipinski definition) is 1. The number of amides is 1. The lowest BCUT2D eigenvalue weighted by molar-refractivity contribution is -0.123. The zero-order valence-electron chi connectivity index (χ0n) is 18.8. The van der Waals surface area contributed by atoms with E-state index in [0.717, 1.165) is 27.8 Å². The van der Waals surface area contributed by atoms with Crippen molar-refractivity contribution in [2.24, 2.45) is 5.10 Å². The lowest BCUT2D eigenvalue weighted by Gasteiger charge is -2.12. The number of carbonyl (C=O) groups is 1. The molecule has 0 saturated carbocycles. The van der Waals surface area contributed by atoms with Gasteiger partial charge in [-0.3, -0.25) is 4.79 Å². The van der Waals surface area contributed by atoms with Gasteiger partial charge < -0.3 is 14.2 Å². The minimum atomic E-state index is -0.338. The monoisotopic (exact) mass is 432 g/mol. The molecule has 0 atom stereocenters. The van der Waals surface area contributed by atoms with Crippen molar-refractivity contribution in [3.8, 4) is 17.2 Å². The molecule has 1 amide bonds. The fourth-order valence-corrected chi connectivity index (χ4v) is 3.12. The highest BCUT2D eigenvalue weighted by molar-refractivity contribution is 5.83. The molecule has 0 unspecified atom stereocenters. The van der Waals surface area contributed by atoms with Crippen LogP contribution in [0.3, 0.4) is 0 Å². The van der Waals surface area contributed by atoms with Crippen LogP contribution in [0.25, 0.3) is 0 Å². The van der Waals surface area contributed by atoms with E-state index in [1.54, 1.807) is 19.4 Å². The number of ether oxygens (including phenoxy) is 3. The Morgan fingerprint density at radius 1 is 0.938 bits per heavy atom. The molecule has 32 heavy (non-hydrogen) atoms. The Kier molecular flexibility index (Phi) is 7.86. The molecular weight excluding hydrogens is 404 g/mol. The number of nitrogens with zero attached hydrogens (tertiary/aromatic N) is 1. The Labute approximate surface area is 188 Å². The molecule has 3 aromatic rings. The summed E-state index contributed by atoms with van der Waals surface area (Å²) in [5.74, 6) is 1.59. The van der Waals surface area contributed by atoms with Crippen molar-refractivity contribution < 1.29 is 19.0 Å². The molecule has 1 N–H and O–H groups in total. The molecule has 0 spiro atoms. The van der Waals surface area contributed by atoms with Crippen molar-refractivity contribution in [1.29, 1.82) is 0 Å². The number of methoxy groups -OCH3 is 1. The van der Waals surface area contributed by atoms with Gasteiger partial charge in [-0.15, -0.1) is 0 Å². The van der Waals surface area contributed by atoms with Crippen LogP contribution in [-0.4, -0.2) is 25.8 Å². The normalized spacial score (nSPS) is 10.8. The number of carbonyl (C=O) groups excluding carboxylic acids is 1. The molecule has 0 bridgehead atoms. The summed E-state index contributed by atoms with van der Waals surface area (Å²) in [4.78, 5) is 12.1. The molecule has 6 nitrogen and oxygen atoms in total. The smallest absolute Gasteiger partial charge is 0.277 e. The molecule has 166 valence electrons. The van der Waals surface area contributed by atoms with Crippen molar-refractivity contribution in [3.05, 3.63) is 88.5 Å². The van der Waals surface area contributed by atoms with Crippen LogP contribution in [0.4, 0.5) is 0 Å². The van der Waals surface area contributed by atoms with Crippen LogP contribution in [-0.2, 0) is 11.4 Å². The first kappa shape index (κ1) is 22.9. The van der Waals surface area contributed by atoms with Crippen LogP contribution in [0.5, 0.6) is 17.2 Å². The van der Waals surface area contributed by atoms with E-state index in [-0.39, 0.29) is 12.5 Å². The standard InChI is InChI=1S/C26H28N2O4/c1-18-12-19(2)20(3)24(13-18)32-17-26(29)28-27-15-22-10-11-23(25(14-22)30-4)31-16-21-8-6-5-7-9-21/h5-15H,16-17H2,1-4H3,(H,28,29)/b27-15+. The molecule has 0 fully saturated rings. The van der Waals surface area contributed by atoms with Gasteiger partial charge in [0.25, 0.3) is 5.91 Å². The molecule has 0 saturated heterocycles. The maximum atomic E-state index is 12.1. The quantitative estimate of drug-likeness (QED) is 0.392. The summed E-state index contributed by atoms with van der Waals surface area (Å²) < 4.78 is 16.9. The second-order valence-electron chi connectivity index (χ2n) is 7.47. The first-order valence-electron chi connectivity index (χ1n) is 10.3. The van der Waals surface area contributed by atoms with E-state index in [0.29, 0.717) is 23.9 Å². The minimum Gasteiger partial charge on any atom is -0.493 e. The molecule has 6 heteroatoms. The van der Waals surface area contributed by atoms with Crippen molar-refractivity contribution in [2.75, 3.05) is 13.7 Å². The predicted octanol–water partition coefficient (Wildman–Crippen LogP) is 4.73. The number of benzene rings is 3. The fourth-order valence-electron chi connectivity index (χ4n) is 3.12. The van der Waals surface area contributed by atoms with Gasteiger partial charge in [0.15, 0.2) is 18.1 Å².